The molecular formula is C16H15FN2O3. The van der Waals surface area contributed by atoms with Crippen LogP contribution in [0.25, 0.3) is 0 Å². The van der Waals surface area contributed by atoms with Crippen molar-refractivity contribution in [3.8, 4) is 0 Å². The van der Waals surface area contributed by atoms with Gasteiger partial charge in [-0.25, -0.2) is 14.0 Å². The fourth-order valence-corrected chi connectivity index (χ4v) is 1.87. The Morgan fingerprint density at radius 1 is 1.09 bits per heavy atom. The van der Waals surface area contributed by atoms with Gasteiger partial charge in [0.15, 0.2) is 0 Å². The zero-order valence-corrected chi connectivity index (χ0v) is 12.1. The van der Waals surface area contributed by atoms with E-state index in [0.717, 1.165) is 0 Å². The third-order valence-corrected chi connectivity index (χ3v) is 3.06. The lowest BCUT2D eigenvalue weighted by Gasteiger charge is -2.10. The fourth-order valence-electron chi connectivity index (χ4n) is 1.87. The van der Waals surface area contributed by atoms with E-state index in [2.05, 4.69) is 15.4 Å². The van der Waals surface area contributed by atoms with E-state index in [1.165, 1.54) is 25.3 Å². The molecule has 0 aliphatic carbocycles. The molecule has 0 atom stereocenters. The monoisotopic (exact) mass is 302 g/mol. The normalized spacial score (nSPS) is 9.95. The highest BCUT2D eigenvalue weighted by molar-refractivity contribution is 6.01. The molecule has 0 aliphatic heterocycles. The average molecular weight is 302 g/mol. The van der Waals surface area contributed by atoms with Gasteiger partial charge in [0.2, 0.25) is 0 Å². The summed E-state index contributed by atoms with van der Waals surface area (Å²) < 4.78 is 18.0. The van der Waals surface area contributed by atoms with E-state index in [1.807, 2.05) is 0 Å². The Labute approximate surface area is 127 Å². The Bertz CT molecular complexity index is 716. The maximum absolute atomic E-state index is 13.4. The first-order valence-electron chi connectivity index (χ1n) is 6.52. The molecule has 0 bridgehead atoms. The second kappa shape index (κ2) is 6.71. The van der Waals surface area contributed by atoms with Crippen LogP contribution in [0.5, 0.6) is 0 Å². The van der Waals surface area contributed by atoms with Crippen LogP contribution in [0.3, 0.4) is 0 Å². The molecule has 0 unspecified atom stereocenters. The van der Waals surface area contributed by atoms with Gasteiger partial charge in [0.05, 0.1) is 12.7 Å². The van der Waals surface area contributed by atoms with Gasteiger partial charge in [-0.15, -0.1) is 0 Å². The van der Waals surface area contributed by atoms with Gasteiger partial charge in [0, 0.05) is 16.9 Å². The Balaban J connectivity index is 2.09. The standard InChI is InChI=1S/C16H15FN2O3/c1-10-13(17)7-4-8-14(10)19-16(21)18-12-6-3-5-11(9-12)15(20)22-2/h3-9H,1-2H3,(H2,18,19,21). The van der Waals surface area contributed by atoms with Crippen molar-refractivity contribution in [1.82, 2.24) is 0 Å². The number of urea groups is 1. The third kappa shape index (κ3) is 3.60. The Morgan fingerprint density at radius 3 is 2.55 bits per heavy atom. The summed E-state index contributed by atoms with van der Waals surface area (Å²) in [5.74, 6) is -0.893. The molecule has 5 nitrogen and oxygen atoms in total. The number of nitrogens with one attached hydrogen (secondary N) is 2. The minimum absolute atomic E-state index is 0.322. The number of halogens is 1. The summed E-state index contributed by atoms with van der Waals surface area (Å²) in [5, 5.41) is 5.13. The van der Waals surface area contributed by atoms with E-state index >= 15 is 0 Å². The minimum Gasteiger partial charge on any atom is -0.465 e. The largest absolute Gasteiger partial charge is 0.465 e. The molecule has 114 valence electrons. The number of anilines is 2. The average Bonchev–Trinajstić information content (AvgIpc) is 2.51. The van der Waals surface area contributed by atoms with E-state index in [4.69, 9.17) is 0 Å². The van der Waals surface area contributed by atoms with Crippen molar-refractivity contribution in [3.63, 3.8) is 0 Å². The number of amides is 2. The van der Waals surface area contributed by atoms with Gasteiger partial charge in [-0.2, -0.15) is 0 Å². The molecule has 0 spiro atoms. The van der Waals surface area contributed by atoms with Crippen LogP contribution < -0.4 is 10.6 Å². The van der Waals surface area contributed by atoms with Gasteiger partial charge in [-0.3, -0.25) is 0 Å². The summed E-state index contributed by atoms with van der Waals surface area (Å²) in [6, 6.07) is 10.2. The van der Waals surface area contributed by atoms with Crippen LogP contribution in [0.4, 0.5) is 20.6 Å². The summed E-state index contributed by atoms with van der Waals surface area (Å²) in [4.78, 5) is 23.4. The number of ether oxygens (including phenoxy) is 1. The lowest BCUT2D eigenvalue weighted by Crippen LogP contribution is -2.20. The second-order valence-electron chi connectivity index (χ2n) is 4.56. The third-order valence-electron chi connectivity index (χ3n) is 3.06. The second-order valence-corrected chi connectivity index (χ2v) is 4.56. The first-order valence-corrected chi connectivity index (χ1v) is 6.52. The van der Waals surface area contributed by atoms with Crippen LogP contribution in [0, 0.1) is 12.7 Å². The van der Waals surface area contributed by atoms with Gasteiger partial charge in [-0.05, 0) is 37.3 Å². The summed E-state index contributed by atoms with van der Waals surface area (Å²) in [6.45, 7) is 1.57. The summed E-state index contributed by atoms with van der Waals surface area (Å²) in [6.07, 6.45) is 0. The lowest BCUT2D eigenvalue weighted by molar-refractivity contribution is 0.0600. The SMILES string of the molecule is COC(=O)c1cccc(NC(=O)Nc2cccc(F)c2C)c1. The highest BCUT2D eigenvalue weighted by Crippen LogP contribution is 2.18. The quantitative estimate of drug-likeness (QED) is 0.852. The Morgan fingerprint density at radius 2 is 1.82 bits per heavy atom. The molecule has 2 aromatic carbocycles. The predicted octanol–water partition coefficient (Wildman–Crippen LogP) is 3.56. The lowest BCUT2D eigenvalue weighted by atomic mass is 10.2. The fraction of sp³-hybridized carbons (Fsp3) is 0.125. The number of esters is 1. The molecule has 0 saturated carbocycles. The molecule has 2 aromatic rings. The van der Waals surface area contributed by atoms with Crippen LogP contribution >= 0.6 is 0 Å². The van der Waals surface area contributed by atoms with Crippen LogP contribution in [0.2, 0.25) is 0 Å². The number of rotatable bonds is 3. The van der Waals surface area contributed by atoms with Crippen LogP contribution in [-0.2, 0) is 4.74 Å². The summed E-state index contributed by atoms with van der Waals surface area (Å²) in [7, 11) is 1.28. The molecule has 0 aromatic heterocycles. The minimum atomic E-state index is -0.532. The number of benzene rings is 2. The molecule has 0 aliphatic rings. The molecule has 22 heavy (non-hydrogen) atoms. The van der Waals surface area contributed by atoms with Crippen molar-refractivity contribution >= 4 is 23.4 Å². The highest BCUT2D eigenvalue weighted by atomic mass is 19.1. The van der Waals surface area contributed by atoms with Gasteiger partial charge in [-0.1, -0.05) is 12.1 Å². The van der Waals surface area contributed by atoms with Crippen molar-refractivity contribution in [2.45, 2.75) is 6.92 Å². The molecular weight excluding hydrogens is 287 g/mol. The van der Waals surface area contributed by atoms with Crippen LogP contribution in [0.1, 0.15) is 15.9 Å². The maximum Gasteiger partial charge on any atom is 0.337 e. The van der Waals surface area contributed by atoms with E-state index in [9.17, 15) is 14.0 Å². The molecule has 0 saturated heterocycles. The molecule has 6 heteroatoms. The topological polar surface area (TPSA) is 67.4 Å². The smallest absolute Gasteiger partial charge is 0.337 e. The number of methoxy groups -OCH3 is 1. The van der Waals surface area contributed by atoms with Crippen molar-refractivity contribution in [1.29, 1.82) is 0 Å². The highest BCUT2D eigenvalue weighted by Gasteiger charge is 2.09. The summed E-state index contributed by atoms with van der Waals surface area (Å²) >= 11 is 0. The van der Waals surface area contributed by atoms with Crippen LogP contribution in [0.15, 0.2) is 42.5 Å². The zero-order valence-electron chi connectivity index (χ0n) is 12.1. The Hall–Kier alpha value is -2.89. The summed E-state index contributed by atoms with van der Waals surface area (Å²) in [5.41, 5.74) is 1.47. The molecule has 2 amide bonds. The molecule has 2 rings (SSSR count). The first-order chi connectivity index (χ1) is 10.5. The van der Waals surface area contributed by atoms with Crippen molar-refractivity contribution in [3.05, 3.63) is 59.4 Å². The van der Waals surface area contributed by atoms with Crippen molar-refractivity contribution < 1.29 is 18.7 Å². The zero-order chi connectivity index (χ0) is 16.1. The van der Waals surface area contributed by atoms with E-state index < -0.39 is 17.8 Å². The Kier molecular flexibility index (Phi) is 4.73. The molecule has 0 fully saturated rings. The van der Waals surface area contributed by atoms with E-state index in [-0.39, 0.29) is 0 Å². The van der Waals surface area contributed by atoms with Gasteiger partial charge >= 0.3 is 12.0 Å². The van der Waals surface area contributed by atoms with Crippen molar-refractivity contribution in [2.75, 3.05) is 17.7 Å². The van der Waals surface area contributed by atoms with Crippen molar-refractivity contribution in [2.24, 2.45) is 0 Å². The van der Waals surface area contributed by atoms with Gasteiger partial charge < -0.3 is 15.4 Å². The number of hydrogen-bond donors (Lipinski definition) is 2. The van der Waals surface area contributed by atoms with E-state index in [0.29, 0.717) is 22.5 Å². The number of hydrogen-bond acceptors (Lipinski definition) is 3. The van der Waals surface area contributed by atoms with E-state index in [1.54, 1.807) is 31.2 Å². The van der Waals surface area contributed by atoms with Crippen LogP contribution in [-0.4, -0.2) is 19.1 Å². The maximum atomic E-state index is 13.4. The van der Waals surface area contributed by atoms with Gasteiger partial charge in [0.1, 0.15) is 5.82 Å². The molecule has 0 heterocycles. The molecule has 2 N–H and O–H groups in total. The number of carbonyl (C=O) groups excluding carboxylic acids is 2. The first kappa shape index (κ1) is 15.5. The number of carbonyl (C=O) groups is 2. The predicted molar refractivity (Wildman–Crippen MR) is 81.6 cm³/mol. The van der Waals surface area contributed by atoms with Gasteiger partial charge in [0.25, 0.3) is 0 Å². The molecule has 0 radical (unpaired) electrons.